The molecule has 2 aromatic rings. The summed E-state index contributed by atoms with van der Waals surface area (Å²) in [5, 5.41) is 8.03. The Morgan fingerprint density at radius 1 is 0.979 bits per heavy atom. The highest BCUT2D eigenvalue weighted by Crippen LogP contribution is 2.72. The molecule has 0 aromatic heterocycles. The Hall–Kier alpha value is -2.91. The number of fused-ring (bicyclic) bond motifs is 7. The van der Waals surface area contributed by atoms with Gasteiger partial charge in [0.25, 0.3) is 0 Å². The van der Waals surface area contributed by atoms with Crippen LogP contribution >= 0.6 is 0 Å². The normalized spacial score (nSPS) is 47.7. The number of anilines is 2. The Morgan fingerprint density at radius 3 is 2.71 bits per heavy atom. The molecule has 1 saturated carbocycles. The first kappa shape index (κ1) is 27.9. The van der Waals surface area contributed by atoms with Crippen molar-refractivity contribution < 1.29 is 19.0 Å². The number of carbonyl (C=O) groups excluding carboxylic acids is 1. The third kappa shape index (κ3) is 2.87. The van der Waals surface area contributed by atoms with Gasteiger partial charge in [0.05, 0.1) is 48.0 Å². The van der Waals surface area contributed by atoms with Crippen LogP contribution in [0.15, 0.2) is 53.7 Å². The molecule has 2 aliphatic carbocycles. The third-order valence-electron chi connectivity index (χ3n) is 16.0. The van der Waals surface area contributed by atoms with Crippen molar-refractivity contribution in [2.75, 3.05) is 37.4 Å². The van der Waals surface area contributed by atoms with Gasteiger partial charge in [0, 0.05) is 59.0 Å². The van der Waals surface area contributed by atoms with E-state index in [1.807, 2.05) is 0 Å². The number of rotatable bonds is 4. The van der Waals surface area contributed by atoms with Gasteiger partial charge in [-0.15, -0.1) is 0 Å². The van der Waals surface area contributed by atoms with Gasteiger partial charge in [-0.3, -0.25) is 9.80 Å². The monoisotopic (exact) mass is 646 g/mol. The minimum absolute atomic E-state index is 0.110. The maximum Gasteiger partial charge on any atom is 0.335 e. The molecule has 8 heterocycles. The Labute approximate surface area is 282 Å². The largest absolute Gasteiger partial charge is 0.466 e. The predicted octanol–water partition coefficient (Wildman–Crippen LogP) is 5.47. The number of ether oxygens (including phenoxy) is 3. The van der Waals surface area contributed by atoms with Crippen LogP contribution in [-0.4, -0.2) is 84.6 Å². The number of benzene rings is 2. The van der Waals surface area contributed by atoms with Crippen molar-refractivity contribution in [2.24, 2.45) is 10.8 Å². The molecule has 0 bridgehead atoms. The second-order valence-electron chi connectivity index (χ2n) is 17.0. The molecule has 0 amide bonds. The summed E-state index contributed by atoms with van der Waals surface area (Å²) in [5.74, 6) is 0.342. The first-order chi connectivity index (χ1) is 23.4. The van der Waals surface area contributed by atoms with Crippen molar-refractivity contribution in [2.45, 2.75) is 118 Å². The highest BCUT2D eigenvalue weighted by atomic mass is 16.6. The minimum Gasteiger partial charge on any atom is -0.466 e. The fourth-order valence-electron chi connectivity index (χ4n) is 14.3. The van der Waals surface area contributed by atoms with Crippen LogP contribution in [0.3, 0.4) is 0 Å². The van der Waals surface area contributed by atoms with Gasteiger partial charge in [0.1, 0.15) is 6.10 Å². The summed E-state index contributed by atoms with van der Waals surface area (Å²) >= 11 is 0. The van der Waals surface area contributed by atoms with Crippen LogP contribution < -0.4 is 10.6 Å². The van der Waals surface area contributed by atoms with Crippen LogP contribution in [0.4, 0.5) is 11.4 Å². The van der Waals surface area contributed by atoms with E-state index >= 15 is 0 Å². The highest BCUT2D eigenvalue weighted by Gasteiger charge is 2.77. The molecular weight excluding hydrogens is 600 g/mol. The molecule has 2 spiro atoms. The van der Waals surface area contributed by atoms with E-state index in [9.17, 15) is 4.79 Å². The second-order valence-corrected chi connectivity index (χ2v) is 17.0. The van der Waals surface area contributed by atoms with Crippen LogP contribution in [0.2, 0.25) is 0 Å². The average molecular weight is 647 g/mol. The number of hydrogen-bond donors (Lipinski definition) is 2. The van der Waals surface area contributed by atoms with Gasteiger partial charge < -0.3 is 24.8 Å². The van der Waals surface area contributed by atoms with E-state index < -0.39 is 0 Å². The zero-order chi connectivity index (χ0) is 31.9. The Morgan fingerprint density at radius 2 is 1.85 bits per heavy atom. The molecule has 12 atom stereocenters. The zero-order valence-corrected chi connectivity index (χ0v) is 28.3. The number of methoxy groups -OCH3 is 1. The lowest BCUT2D eigenvalue weighted by molar-refractivity contribution is -0.137. The predicted molar refractivity (Wildman–Crippen MR) is 181 cm³/mol. The number of nitrogens with zero attached hydrogens (tertiary/aromatic N) is 2. The second kappa shape index (κ2) is 8.68. The number of hydrogen-bond acceptors (Lipinski definition) is 8. The number of nitrogens with one attached hydrogen (secondary N) is 2. The van der Waals surface area contributed by atoms with Crippen LogP contribution in [-0.2, 0) is 24.4 Å². The number of piperidine rings is 3. The number of carbonyl (C=O) groups is 1. The van der Waals surface area contributed by atoms with E-state index in [2.05, 4.69) is 76.7 Å². The van der Waals surface area contributed by atoms with Crippen molar-refractivity contribution in [3.63, 3.8) is 0 Å². The molecule has 8 nitrogen and oxygen atoms in total. The smallest absolute Gasteiger partial charge is 0.335 e. The zero-order valence-electron chi connectivity index (χ0n) is 28.3. The van der Waals surface area contributed by atoms with Crippen molar-refractivity contribution in [3.8, 4) is 0 Å². The molecule has 8 heteroatoms. The van der Waals surface area contributed by atoms with Crippen molar-refractivity contribution >= 4 is 17.3 Å². The Balaban J connectivity index is 0.969. The van der Waals surface area contributed by atoms with Gasteiger partial charge in [-0.1, -0.05) is 44.2 Å². The summed E-state index contributed by atoms with van der Waals surface area (Å²) in [7, 11) is 1.53. The lowest BCUT2D eigenvalue weighted by Gasteiger charge is -2.56. The van der Waals surface area contributed by atoms with E-state index in [0.29, 0.717) is 30.6 Å². The van der Waals surface area contributed by atoms with Gasteiger partial charge >= 0.3 is 5.97 Å². The molecule has 6 saturated heterocycles. The number of epoxide rings is 2. The average Bonchev–Trinajstić information content (AvgIpc) is 3.94. The quantitative estimate of drug-likeness (QED) is 0.335. The van der Waals surface area contributed by atoms with Gasteiger partial charge in [0.15, 0.2) is 0 Å². The summed E-state index contributed by atoms with van der Waals surface area (Å²) in [5.41, 5.74) is 8.70. The van der Waals surface area contributed by atoms with Crippen LogP contribution in [0.25, 0.3) is 0 Å². The van der Waals surface area contributed by atoms with E-state index in [0.717, 1.165) is 42.9 Å². The topological polar surface area (TPSA) is 81.9 Å². The van der Waals surface area contributed by atoms with E-state index in [4.69, 9.17) is 14.2 Å². The fraction of sp³-hybridized carbons (Fsp3) is 0.625. The maximum atomic E-state index is 13.5. The van der Waals surface area contributed by atoms with Crippen molar-refractivity contribution in [3.05, 3.63) is 70.4 Å². The summed E-state index contributed by atoms with van der Waals surface area (Å²) in [6.45, 7) is 8.01. The molecule has 12 unspecified atom stereocenters. The molecule has 2 aromatic carbocycles. The summed E-state index contributed by atoms with van der Waals surface area (Å²) in [6, 6.07) is 17.2. The SMILES string of the molecule is CCC12CC(C(=O)OC)=C3Nc4ccccc4C34CCN(C(c3ccc5c(c3)C3CCN6CC7OC7C7(CC)CCC3(N5)C67)C3OC31)C42. The summed E-state index contributed by atoms with van der Waals surface area (Å²) in [6.07, 6.45) is 8.79. The van der Waals surface area contributed by atoms with E-state index in [-0.39, 0.29) is 52.0 Å². The maximum absolute atomic E-state index is 13.5. The summed E-state index contributed by atoms with van der Waals surface area (Å²) in [4.78, 5) is 19.2. The van der Waals surface area contributed by atoms with Crippen LogP contribution in [0.1, 0.15) is 87.4 Å². The van der Waals surface area contributed by atoms with Gasteiger partial charge in [-0.25, -0.2) is 4.79 Å². The molecule has 48 heavy (non-hydrogen) atoms. The van der Waals surface area contributed by atoms with Crippen LogP contribution in [0, 0.1) is 10.8 Å². The highest BCUT2D eigenvalue weighted by molar-refractivity contribution is 5.93. The van der Waals surface area contributed by atoms with E-state index in [1.165, 1.54) is 56.2 Å². The Bertz CT molecular complexity index is 1860. The Kier molecular flexibility index (Phi) is 5.04. The minimum atomic E-state index is -0.268. The molecule has 12 rings (SSSR count). The lowest BCUT2D eigenvalue weighted by atomic mass is 9.53. The van der Waals surface area contributed by atoms with Crippen molar-refractivity contribution in [1.29, 1.82) is 0 Å². The standard InChI is InChI=1S/C40H46N4O4/c1-4-37-13-14-40-24(12-16-43(36(37)40)20-28-32(37)47-28)22-18-21(10-11-26(22)42-40)29-30-33(48-30)38(5-2)19-23(34(45)46-3)31-39(15-17-44(29)35(38)39)25-8-6-7-9-27(25)41-31/h6-11,18,24,28-30,32-33,35-36,41-42H,4-5,12-17,19-20H2,1-3H3. The first-order valence-corrected chi connectivity index (χ1v) is 18.9. The molecule has 10 aliphatic rings. The van der Waals surface area contributed by atoms with Crippen LogP contribution in [0.5, 0.6) is 0 Å². The van der Waals surface area contributed by atoms with E-state index in [1.54, 1.807) is 5.56 Å². The molecule has 8 aliphatic heterocycles. The molecule has 2 N–H and O–H groups in total. The fourth-order valence-corrected chi connectivity index (χ4v) is 14.3. The third-order valence-corrected chi connectivity index (χ3v) is 16.0. The molecule has 0 radical (unpaired) electrons. The lowest BCUT2D eigenvalue weighted by Crippen LogP contribution is -2.67. The number of para-hydroxylation sites is 1. The number of esters is 1. The first-order valence-electron chi connectivity index (χ1n) is 18.9. The van der Waals surface area contributed by atoms with Gasteiger partial charge in [-0.2, -0.15) is 0 Å². The summed E-state index contributed by atoms with van der Waals surface area (Å²) < 4.78 is 18.7. The van der Waals surface area contributed by atoms with Crippen molar-refractivity contribution in [1.82, 2.24) is 9.80 Å². The van der Waals surface area contributed by atoms with Gasteiger partial charge in [-0.05, 0) is 80.3 Å². The molecule has 250 valence electrons. The molecule has 7 fully saturated rings. The van der Waals surface area contributed by atoms with Gasteiger partial charge in [0.2, 0.25) is 0 Å². The molecular formula is C40H46N4O4.